The minimum atomic E-state index is -0.558. The fourth-order valence-corrected chi connectivity index (χ4v) is 4.43. The highest BCUT2D eigenvalue weighted by Crippen LogP contribution is 2.11. The van der Waals surface area contributed by atoms with E-state index in [1.54, 1.807) is 57.5 Å². The zero-order valence-corrected chi connectivity index (χ0v) is 30.6. The van der Waals surface area contributed by atoms with Crippen LogP contribution in [0.5, 0.6) is 0 Å². The molecule has 11 heteroatoms. The van der Waals surface area contributed by atoms with E-state index in [0.717, 1.165) is 22.3 Å². The lowest BCUT2D eigenvalue weighted by Gasteiger charge is -2.11. The van der Waals surface area contributed by atoms with Crippen LogP contribution in [0, 0.1) is 0 Å². The molecule has 0 radical (unpaired) electrons. The van der Waals surface area contributed by atoms with Crippen molar-refractivity contribution in [2.45, 2.75) is 45.7 Å². The van der Waals surface area contributed by atoms with E-state index in [0.29, 0.717) is 42.7 Å². The van der Waals surface area contributed by atoms with Crippen molar-refractivity contribution in [1.82, 2.24) is 0 Å². The Morgan fingerprint density at radius 1 is 0.627 bits per heavy atom. The summed E-state index contributed by atoms with van der Waals surface area (Å²) < 4.78 is 14.6. The number of hydrogen-bond acceptors (Lipinski definition) is 9. The lowest BCUT2D eigenvalue weighted by atomic mass is 10.1. The number of nitrogens with zero attached hydrogens (tertiary/aromatic N) is 2. The lowest BCUT2D eigenvalue weighted by molar-refractivity contribution is -0.145. The van der Waals surface area contributed by atoms with E-state index in [-0.39, 0.29) is 24.5 Å². The van der Waals surface area contributed by atoms with Crippen LogP contribution in [-0.4, -0.2) is 68.8 Å². The minimum absolute atomic E-state index is 0.0521. The highest BCUT2D eigenvalue weighted by molar-refractivity contribution is 6.30. The van der Waals surface area contributed by atoms with Gasteiger partial charge in [-0.15, -0.1) is 0 Å². The molecular weight excluding hydrogens is 689 g/mol. The number of rotatable bonds is 14. The Bertz CT molecular complexity index is 1630. The number of halogens is 2. The van der Waals surface area contributed by atoms with Gasteiger partial charge in [0.15, 0.2) is 6.04 Å². The van der Waals surface area contributed by atoms with E-state index in [1.807, 2.05) is 84.9 Å². The molecule has 0 saturated heterocycles. The van der Waals surface area contributed by atoms with Gasteiger partial charge in [-0.25, -0.2) is 4.79 Å². The molecule has 51 heavy (non-hydrogen) atoms. The number of esters is 3. The molecule has 0 heterocycles. The number of hydrogen-bond donors (Lipinski definition) is 1. The Morgan fingerprint density at radius 3 is 1.57 bits per heavy atom. The number of ether oxygens (including phenoxy) is 3. The number of aliphatic imine (C=N–C) groups is 2. The topological polar surface area (TPSA) is 130 Å². The molecule has 4 aromatic rings. The number of carbonyl (C=O) groups is 3. The minimum Gasteiger partial charge on any atom is -0.465 e. The van der Waals surface area contributed by atoms with Crippen molar-refractivity contribution in [2.24, 2.45) is 15.7 Å². The van der Waals surface area contributed by atoms with Crippen LogP contribution < -0.4 is 5.73 Å². The van der Waals surface area contributed by atoms with E-state index in [9.17, 15) is 14.4 Å². The quantitative estimate of drug-likeness (QED) is 0.0814. The first-order valence-corrected chi connectivity index (χ1v) is 17.3. The molecule has 0 aliphatic rings. The molecule has 0 aromatic heterocycles. The number of benzene rings is 4. The Balaban J connectivity index is 0.000000275. The zero-order chi connectivity index (χ0) is 37.3. The second-order valence-corrected chi connectivity index (χ2v) is 11.5. The van der Waals surface area contributed by atoms with E-state index >= 15 is 0 Å². The van der Waals surface area contributed by atoms with Gasteiger partial charge in [-0.3, -0.25) is 19.6 Å². The van der Waals surface area contributed by atoms with E-state index in [4.69, 9.17) is 43.1 Å². The third-order valence-corrected chi connectivity index (χ3v) is 7.13. The van der Waals surface area contributed by atoms with Crippen LogP contribution in [0.3, 0.4) is 0 Å². The van der Waals surface area contributed by atoms with Gasteiger partial charge in [0.2, 0.25) is 0 Å². The maximum Gasteiger partial charge on any atom is 0.331 e. The molecule has 9 nitrogen and oxygen atoms in total. The summed E-state index contributed by atoms with van der Waals surface area (Å²) in [4.78, 5) is 42.5. The lowest BCUT2D eigenvalue weighted by Crippen LogP contribution is -2.34. The van der Waals surface area contributed by atoms with Gasteiger partial charge in [0.25, 0.3) is 0 Å². The summed E-state index contributed by atoms with van der Waals surface area (Å²) >= 11 is 11.6. The van der Waals surface area contributed by atoms with Crippen LogP contribution >= 0.6 is 23.2 Å². The summed E-state index contributed by atoms with van der Waals surface area (Å²) in [5.74, 6) is -0.962. The van der Waals surface area contributed by atoms with Gasteiger partial charge < -0.3 is 19.9 Å². The monoisotopic (exact) mass is 733 g/mol. The summed E-state index contributed by atoms with van der Waals surface area (Å²) in [6.45, 7) is 6.49. The Morgan fingerprint density at radius 2 is 1.08 bits per heavy atom. The SMILES string of the molecule is CCOC(=O)CN=Cc1ccc(Cl)cc1.CCOC(=O)[C@@H](N)Cc1ccccc1.CCOC(=O)[C@H](Cc1ccccc1)N=Cc1ccc(Cl)cc1. The smallest absolute Gasteiger partial charge is 0.331 e. The summed E-state index contributed by atoms with van der Waals surface area (Å²) in [6, 6.07) is 32.9. The van der Waals surface area contributed by atoms with Crippen molar-refractivity contribution >= 4 is 53.5 Å². The molecule has 0 saturated carbocycles. The van der Waals surface area contributed by atoms with E-state index < -0.39 is 12.1 Å². The Kier molecular flexibility index (Phi) is 20.9. The number of carbonyl (C=O) groups excluding carboxylic acids is 3. The molecule has 4 aromatic carbocycles. The summed E-state index contributed by atoms with van der Waals surface area (Å²) in [5, 5.41) is 1.35. The van der Waals surface area contributed by atoms with Crippen molar-refractivity contribution in [2.75, 3.05) is 26.4 Å². The zero-order valence-electron chi connectivity index (χ0n) is 29.1. The van der Waals surface area contributed by atoms with Gasteiger partial charge in [0, 0.05) is 28.9 Å². The van der Waals surface area contributed by atoms with Gasteiger partial charge in [0.1, 0.15) is 12.6 Å². The Hall–Kier alpha value is -4.83. The molecule has 0 spiro atoms. The average Bonchev–Trinajstić information content (AvgIpc) is 3.13. The van der Waals surface area contributed by atoms with Gasteiger partial charge in [-0.1, -0.05) is 108 Å². The van der Waals surface area contributed by atoms with E-state index in [1.165, 1.54) is 0 Å². The molecule has 2 atom stereocenters. The second-order valence-electron chi connectivity index (χ2n) is 10.7. The summed E-state index contributed by atoms with van der Waals surface area (Å²) in [5.41, 5.74) is 9.56. The van der Waals surface area contributed by atoms with Crippen molar-refractivity contribution < 1.29 is 28.6 Å². The molecule has 0 aliphatic carbocycles. The van der Waals surface area contributed by atoms with E-state index in [2.05, 4.69) is 9.98 Å². The normalized spacial score (nSPS) is 11.7. The molecule has 0 unspecified atom stereocenters. The van der Waals surface area contributed by atoms with Crippen LogP contribution in [0.15, 0.2) is 119 Å². The first kappa shape index (κ1) is 42.3. The molecular formula is C40H45Cl2N3O6. The largest absolute Gasteiger partial charge is 0.465 e. The van der Waals surface area contributed by atoms with Gasteiger partial charge >= 0.3 is 17.9 Å². The third-order valence-electron chi connectivity index (χ3n) is 6.63. The predicted octanol–water partition coefficient (Wildman–Crippen LogP) is 7.37. The number of nitrogens with two attached hydrogens (primary N) is 1. The molecule has 0 aliphatic heterocycles. The Labute approximate surface area is 310 Å². The standard InChI is InChI=1S/C18H18ClNO2.C11H12ClNO2.C11H15NO2/c1-2-22-18(21)17(12-14-6-4-3-5-7-14)20-13-15-8-10-16(19)11-9-15;1-2-15-11(14)8-13-7-9-3-5-10(12)6-4-9;1-2-14-11(13)10(12)8-9-6-4-3-5-7-9/h3-11,13,17H,2,12H2,1H3;3-7H,2,8H2,1H3;3-7,10H,2,8,12H2,1H3/t17-;;10-/m0.0/s1. The van der Waals surface area contributed by atoms with Crippen LogP contribution in [-0.2, 0) is 41.4 Å². The third kappa shape index (κ3) is 18.7. The highest BCUT2D eigenvalue weighted by atomic mass is 35.5. The van der Waals surface area contributed by atoms with Crippen LogP contribution in [0.1, 0.15) is 43.0 Å². The molecule has 0 bridgehead atoms. The average molecular weight is 735 g/mol. The van der Waals surface area contributed by atoms with Gasteiger partial charge in [0.05, 0.1) is 19.8 Å². The molecule has 270 valence electrons. The first-order chi connectivity index (χ1) is 24.6. The highest BCUT2D eigenvalue weighted by Gasteiger charge is 2.18. The van der Waals surface area contributed by atoms with Crippen molar-refractivity contribution in [1.29, 1.82) is 0 Å². The van der Waals surface area contributed by atoms with Crippen LogP contribution in [0.2, 0.25) is 10.0 Å². The second kappa shape index (κ2) is 25.2. The van der Waals surface area contributed by atoms with Gasteiger partial charge in [-0.2, -0.15) is 0 Å². The molecule has 0 amide bonds. The predicted molar refractivity (Wildman–Crippen MR) is 205 cm³/mol. The van der Waals surface area contributed by atoms with Gasteiger partial charge in [-0.05, 0) is 73.7 Å². The molecule has 0 fully saturated rings. The van der Waals surface area contributed by atoms with Crippen molar-refractivity contribution in [3.63, 3.8) is 0 Å². The van der Waals surface area contributed by atoms with Crippen LogP contribution in [0.4, 0.5) is 0 Å². The fourth-order valence-electron chi connectivity index (χ4n) is 4.18. The van der Waals surface area contributed by atoms with Crippen molar-refractivity contribution in [3.8, 4) is 0 Å². The summed E-state index contributed by atoms with van der Waals surface area (Å²) in [7, 11) is 0. The fraction of sp³-hybridized carbons (Fsp3) is 0.275. The maximum absolute atomic E-state index is 12.1. The maximum atomic E-state index is 12.1. The van der Waals surface area contributed by atoms with Crippen LogP contribution in [0.25, 0.3) is 0 Å². The van der Waals surface area contributed by atoms with Crippen molar-refractivity contribution in [3.05, 3.63) is 141 Å². The molecule has 4 rings (SSSR count). The molecule has 2 N–H and O–H groups in total. The summed E-state index contributed by atoms with van der Waals surface area (Å²) in [6.07, 6.45) is 4.34. The first-order valence-electron chi connectivity index (χ1n) is 16.5.